The lowest BCUT2D eigenvalue weighted by atomic mass is 10.0. The number of carboxylic acids is 1. The van der Waals surface area contributed by atoms with E-state index in [1.807, 2.05) is 13.8 Å². The number of anilines is 1. The standard InChI is InChI=1S/C20H25F2N3O4/c1-19(2)8-7-15(18(27)28)25(19)17(26)13-5-6-14(24-10-20(21,22)11-24)16(23-13)29-9-12-3-4-12/h5-6,12,15H,3-4,7-11H2,1-2H3,(H,27,28)/t15-/m0/s1. The Labute approximate surface area is 167 Å². The van der Waals surface area contributed by atoms with Gasteiger partial charge >= 0.3 is 5.97 Å². The molecular formula is C20H25F2N3O4. The molecule has 1 atom stereocenters. The second-order valence-corrected chi connectivity index (χ2v) is 8.87. The first-order valence-corrected chi connectivity index (χ1v) is 9.90. The number of nitrogens with zero attached hydrogens (tertiary/aromatic N) is 3. The van der Waals surface area contributed by atoms with Crippen LogP contribution in [0.4, 0.5) is 14.5 Å². The number of hydrogen-bond donors (Lipinski definition) is 1. The highest BCUT2D eigenvalue weighted by Crippen LogP contribution is 2.39. The van der Waals surface area contributed by atoms with Crippen LogP contribution < -0.4 is 9.64 Å². The average molecular weight is 409 g/mol. The molecule has 1 aromatic rings. The van der Waals surface area contributed by atoms with Gasteiger partial charge in [0.2, 0.25) is 5.88 Å². The summed E-state index contributed by atoms with van der Waals surface area (Å²) in [6, 6.07) is 2.12. The summed E-state index contributed by atoms with van der Waals surface area (Å²) in [7, 11) is 0. The quantitative estimate of drug-likeness (QED) is 0.778. The Kier molecular flexibility index (Phi) is 4.66. The summed E-state index contributed by atoms with van der Waals surface area (Å²) in [4.78, 5) is 32.0. The monoisotopic (exact) mass is 409 g/mol. The minimum absolute atomic E-state index is 0.0630. The zero-order chi connectivity index (χ0) is 21.0. The number of hydrogen-bond acceptors (Lipinski definition) is 5. The highest BCUT2D eigenvalue weighted by molar-refractivity contribution is 5.96. The van der Waals surface area contributed by atoms with Gasteiger partial charge in [-0.1, -0.05) is 0 Å². The smallest absolute Gasteiger partial charge is 0.326 e. The normalized spacial score (nSPS) is 24.9. The van der Waals surface area contributed by atoms with Crippen molar-refractivity contribution in [2.75, 3.05) is 24.6 Å². The largest absolute Gasteiger partial charge is 0.480 e. The van der Waals surface area contributed by atoms with Crippen LogP contribution >= 0.6 is 0 Å². The molecule has 29 heavy (non-hydrogen) atoms. The van der Waals surface area contributed by atoms with E-state index >= 15 is 0 Å². The lowest BCUT2D eigenvalue weighted by Gasteiger charge is -2.40. The van der Waals surface area contributed by atoms with Crippen LogP contribution in [0.2, 0.25) is 0 Å². The molecule has 3 heterocycles. The molecular weight excluding hydrogens is 384 g/mol. The van der Waals surface area contributed by atoms with Crippen LogP contribution in [0.5, 0.6) is 5.88 Å². The lowest BCUT2D eigenvalue weighted by molar-refractivity contribution is -0.142. The second kappa shape index (κ2) is 6.81. The molecule has 0 unspecified atom stereocenters. The molecule has 1 aliphatic carbocycles. The average Bonchev–Trinajstić information content (AvgIpc) is 3.39. The van der Waals surface area contributed by atoms with Crippen LogP contribution in [0.15, 0.2) is 12.1 Å². The van der Waals surface area contributed by atoms with Crippen molar-refractivity contribution >= 4 is 17.6 Å². The summed E-state index contributed by atoms with van der Waals surface area (Å²) in [6.45, 7) is 3.25. The minimum atomic E-state index is -2.74. The molecule has 1 N–H and O–H groups in total. The number of carboxylic acid groups (broad SMARTS) is 1. The van der Waals surface area contributed by atoms with E-state index in [1.165, 1.54) is 15.9 Å². The van der Waals surface area contributed by atoms with Gasteiger partial charge in [-0.05, 0) is 57.6 Å². The number of likely N-dealkylation sites (tertiary alicyclic amines) is 1. The van der Waals surface area contributed by atoms with E-state index in [9.17, 15) is 23.5 Å². The Hall–Kier alpha value is -2.45. The number of rotatable bonds is 6. The second-order valence-electron chi connectivity index (χ2n) is 8.87. The van der Waals surface area contributed by atoms with E-state index in [0.29, 0.717) is 31.1 Å². The first kappa shape index (κ1) is 19.8. The first-order valence-electron chi connectivity index (χ1n) is 9.90. The van der Waals surface area contributed by atoms with Crippen molar-refractivity contribution in [2.24, 2.45) is 5.92 Å². The van der Waals surface area contributed by atoms with Gasteiger partial charge in [0.25, 0.3) is 11.8 Å². The van der Waals surface area contributed by atoms with E-state index in [2.05, 4.69) is 4.98 Å². The SMILES string of the molecule is CC1(C)CC[C@@H](C(=O)O)N1C(=O)c1ccc(N2CC(F)(F)C2)c(OCC2CC2)n1. The van der Waals surface area contributed by atoms with Gasteiger partial charge in [0.15, 0.2) is 0 Å². The van der Waals surface area contributed by atoms with Crippen molar-refractivity contribution in [3.8, 4) is 5.88 Å². The van der Waals surface area contributed by atoms with Gasteiger partial charge in [-0.2, -0.15) is 0 Å². The Morgan fingerprint density at radius 2 is 1.93 bits per heavy atom. The van der Waals surface area contributed by atoms with Gasteiger partial charge in [0.05, 0.1) is 19.7 Å². The van der Waals surface area contributed by atoms with Crippen molar-refractivity contribution in [3.05, 3.63) is 17.8 Å². The molecule has 1 aromatic heterocycles. The fourth-order valence-electron chi connectivity index (χ4n) is 4.00. The molecule has 3 aliphatic rings. The number of alkyl halides is 2. The molecule has 2 saturated heterocycles. The Morgan fingerprint density at radius 1 is 1.24 bits per heavy atom. The van der Waals surface area contributed by atoms with Crippen molar-refractivity contribution in [2.45, 2.75) is 57.0 Å². The molecule has 1 saturated carbocycles. The van der Waals surface area contributed by atoms with Crippen LogP contribution in [0, 0.1) is 5.92 Å². The highest BCUT2D eigenvalue weighted by Gasteiger charge is 2.47. The summed E-state index contributed by atoms with van der Waals surface area (Å²) in [5.74, 6) is -3.70. The van der Waals surface area contributed by atoms with E-state index in [4.69, 9.17) is 4.74 Å². The van der Waals surface area contributed by atoms with E-state index in [0.717, 1.165) is 12.8 Å². The van der Waals surface area contributed by atoms with Crippen LogP contribution in [-0.2, 0) is 4.79 Å². The van der Waals surface area contributed by atoms with Gasteiger partial charge in [-0.25, -0.2) is 18.6 Å². The molecule has 1 amide bonds. The predicted molar refractivity (Wildman–Crippen MR) is 101 cm³/mol. The van der Waals surface area contributed by atoms with Crippen molar-refractivity contribution in [3.63, 3.8) is 0 Å². The van der Waals surface area contributed by atoms with Crippen LogP contribution in [-0.4, -0.2) is 64.1 Å². The molecule has 0 aromatic carbocycles. The predicted octanol–water partition coefficient (Wildman–Crippen LogP) is 2.79. The first-order chi connectivity index (χ1) is 13.6. The van der Waals surface area contributed by atoms with Gasteiger partial charge in [-0.15, -0.1) is 0 Å². The number of ether oxygens (including phenoxy) is 1. The number of halogens is 2. The zero-order valence-corrected chi connectivity index (χ0v) is 16.5. The third-order valence-corrected chi connectivity index (χ3v) is 5.89. The van der Waals surface area contributed by atoms with Gasteiger partial charge in [0.1, 0.15) is 17.4 Å². The third kappa shape index (κ3) is 3.86. The Bertz CT molecular complexity index is 833. The topological polar surface area (TPSA) is 83.0 Å². The maximum atomic E-state index is 13.3. The number of carbonyl (C=O) groups is 2. The summed E-state index contributed by atoms with van der Waals surface area (Å²) in [5, 5.41) is 9.51. The fraction of sp³-hybridized carbons (Fsp3) is 0.650. The molecule has 158 valence electrons. The molecule has 7 nitrogen and oxygen atoms in total. The number of aliphatic carboxylic acids is 1. The van der Waals surface area contributed by atoms with Crippen LogP contribution in [0.1, 0.15) is 50.0 Å². The summed E-state index contributed by atoms with van der Waals surface area (Å²) in [6.07, 6.45) is 3.05. The van der Waals surface area contributed by atoms with Gasteiger partial charge in [-0.3, -0.25) is 4.79 Å². The molecule has 2 aliphatic heterocycles. The molecule has 0 bridgehead atoms. The number of pyridine rings is 1. The maximum Gasteiger partial charge on any atom is 0.326 e. The molecule has 9 heteroatoms. The van der Waals surface area contributed by atoms with Gasteiger partial charge < -0.3 is 19.6 Å². The van der Waals surface area contributed by atoms with Crippen molar-refractivity contribution in [1.29, 1.82) is 0 Å². The Morgan fingerprint density at radius 3 is 2.52 bits per heavy atom. The summed E-state index contributed by atoms with van der Waals surface area (Å²) < 4.78 is 32.4. The maximum absolute atomic E-state index is 13.3. The fourth-order valence-corrected chi connectivity index (χ4v) is 4.00. The lowest BCUT2D eigenvalue weighted by Crippen LogP contribution is -2.56. The zero-order valence-electron chi connectivity index (χ0n) is 16.5. The van der Waals surface area contributed by atoms with Crippen LogP contribution in [0.3, 0.4) is 0 Å². The molecule has 0 radical (unpaired) electrons. The highest BCUT2D eigenvalue weighted by atomic mass is 19.3. The molecule has 3 fully saturated rings. The van der Waals surface area contributed by atoms with E-state index in [-0.39, 0.29) is 11.6 Å². The van der Waals surface area contributed by atoms with Crippen LogP contribution in [0.25, 0.3) is 0 Å². The number of aromatic nitrogens is 1. The minimum Gasteiger partial charge on any atom is -0.480 e. The van der Waals surface area contributed by atoms with Gasteiger partial charge in [0, 0.05) is 5.54 Å². The third-order valence-electron chi connectivity index (χ3n) is 5.89. The van der Waals surface area contributed by atoms with Crippen molar-refractivity contribution < 1.29 is 28.2 Å². The van der Waals surface area contributed by atoms with Crippen molar-refractivity contribution in [1.82, 2.24) is 9.88 Å². The van der Waals surface area contributed by atoms with E-state index < -0.39 is 42.5 Å². The summed E-state index contributed by atoms with van der Waals surface area (Å²) in [5.41, 5.74) is -0.119. The molecule has 0 spiro atoms. The van der Waals surface area contributed by atoms with E-state index in [1.54, 1.807) is 6.07 Å². The molecule has 4 rings (SSSR count). The Balaban J connectivity index is 1.62. The number of amides is 1. The number of carbonyl (C=O) groups excluding carboxylic acids is 1. The summed E-state index contributed by atoms with van der Waals surface area (Å²) >= 11 is 0.